The zero-order chi connectivity index (χ0) is 15.5. The monoisotopic (exact) mass is 303 g/mol. The van der Waals surface area contributed by atoms with Crippen molar-refractivity contribution in [3.05, 3.63) is 11.8 Å². The van der Waals surface area contributed by atoms with Crippen molar-refractivity contribution in [1.29, 1.82) is 0 Å². The minimum Gasteiger partial charge on any atom is -0.354 e. The van der Waals surface area contributed by atoms with E-state index in [0.29, 0.717) is 19.6 Å². The van der Waals surface area contributed by atoms with Crippen LogP contribution in [-0.4, -0.2) is 42.1 Å². The van der Waals surface area contributed by atoms with Crippen LogP contribution in [0.2, 0.25) is 0 Å². The van der Waals surface area contributed by atoms with Gasteiger partial charge in [0.15, 0.2) is 5.69 Å². The fourth-order valence-electron chi connectivity index (χ4n) is 1.89. The Hall–Kier alpha value is -2.06. The Morgan fingerprint density at radius 3 is 2.81 bits per heavy atom. The first kappa shape index (κ1) is 15.3. The zero-order valence-electron chi connectivity index (χ0n) is 11.5. The number of nitrogens with one attached hydrogen (secondary N) is 2. The number of halogens is 3. The summed E-state index contributed by atoms with van der Waals surface area (Å²) in [5.74, 6) is -0.213. The summed E-state index contributed by atoms with van der Waals surface area (Å²) < 4.78 is 38.7. The van der Waals surface area contributed by atoms with Crippen molar-refractivity contribution in [3.8, 4) is 0 Å². The summed E-state index contributed by atoms with van der Waals surface area (Å²) in [6.07, 6.45) is -3.82. The maximum atomic E-state index is 12.9. The number of nitrogens with zero attached hydrogens (tertiary/aromatic N) is 3. The molecule has 2 rings (SSSR count). The second-order valence-corrected chi connectivity index (χ2v) is 4.63. The fourth-order valence-corrected chi connectivity index (χ4v) is 1.89. The van der Waals surface area contributed by atoms with Crippen LogP contribution in [0.1, 0.15) is 19.0 Å². The van der Waals surface area contributed by atoms with Gasteiger partial charge >= 0.3 is 6.18 Å². The third kappa shape index (κ3) is 3.96. The van der Waals surface area contributed by atoms with Crippen LogP contribution in [0.25, 0.3) is 0 Å². The van der Waals surface area contributed by atoms with Crippen molar-refractivity contribution >= 4 is 17.7 Å². The molecule has 1 aliphatic rings. The molecule has 0 unspecified atom stereocenters. The summed E-state index contributed by atoms with van der Waals surface area (Å²) in [5.41, 5.74) is -1.02. The molecule has 0 spiro atoms. The van der Waals surface area contributed by atoms with Gasteiger partial charge in [-0.25, -0.2) is 4.98 Å². The summed E-state index contributed by atoms with van der Waals surface area (Å²) in [6.45, 7) is 3.13. The second-order valence-electron chi connectivity index (χ2n) is 4.63. The van der Waals surface area contributed by atoms with Crippen molar-refractivity contribution in [2.45, 2.75) is 19.5 Å². The number of alkyl halides is 3. The van der Waals surface area contributed by atoms with Crippen LogP contribution in [0.3, 0.4) is 0 Å². The molecule has 0 saturated carbocycles. The van der Waals surface area contributed by atoms with Gasteiger partial charge in [0.25, 0.3) is 0 Å². The third-order valence-electron chi connectivity index (χ3n) is 2.90. The molecule has 0 aromatic carbocycles. The molecule has 9 heteroatoms. The lowest BCUT2D eigenvalue weighted by Crippen LogP contribution is -2.48. The van der Waals surface area contributed by atoms with Gasteiger partial charge in [-0.3, -0.25) is 4.79 Å². The van der Waals surface area contributed by atoms with Crippen molar-refractivity contribution in [2.75, 3.05) is 36.4 Å². The van der Waals surface area contributed by atoms with Crippen LogP contribution in [0.4, 0.5) is 24.9 Å². The largest absolute Gasteiger partial charge is 0.433 e. The van der Waals surface area contributed by atoms with Gasteiger partial charge in [-0.15, -0.1) is 0 Å². The van der Waals surface area contributed by atoms with Gasteiger partial charge in [0.1, 0.15) is 5.82 Å². The van der Waals surface area contributed by atoms with E-state index >= 15 is 0 Å². The van der Waals surface area contributed by atoms with Gasteiger partial charge in [0.2, 0.25) is 11.9 Å². The van der Waals surface area contributed by atoms with Crippen LogP contribution < -0.4 is 15.5 Å². The lowest BCUT2D eigenvalue weighted by Gasteiger charge is -2.28. The first-order valence-electron chi connectivity index (χ1n) is 6.62. The maximum Gasteiger partial charge on any atom is 0.433 e. The lowest BCUT2D eigenvalue weighted by molar-refractivity contribution is -0.141. The summed E-state index contributed by atoms with van der Waals surface area (Å²) in [4.78, 5) is 20.4. The summed E-state index contributed by atoms with van der Waals surface area (Å²) >= 11 is 0. The highest BCUT2D eigenvalue weighted by atomic mass is 19.4. The molecule has 6 nitrogen and oxygen atoms in total. The first-order valence-corrected chi connectivity index (χ1v) is 6.62. The second kappa shape index (κ2) is 6.15. The van der Waals surface area contributed by atoms with Crippen molar-refractivity contribution in [3.63, 3.8) is 0 Å². The van der Waals surface area contributed by atoms with Gasteiger partial charge in [-0.05, 0) is 6.42 Å². The topological polar surface area (TPSA) is 70.2 Å². The van der Waals surface area contributed by atoms with Crippen LogP contribution in [0.5, 0.6) is 0 Å². The van der Waals surface area contributed by atoms with E-state index in [0.717, 1.165) is 12.5 Å². The molecule has 1 aromatic rings. The molecular formula is C12H16F3N5O. The Bertz CT molecular complexity index is 520. The highest BCUT2D eigenvalue weighted by molar-refractivity contribution is 5.82. The summed E-state index contributed by atoms with van der Waals surface area (Å²) in [7, 11) is 0. The fraction of sp³-hybridized carbons (Fsp3) is 0.583. The number of hydrogen-bond acceptors (Lipinski definition) is 5. The van der Waals surface area contributed by atoms with Gasteiger partial charge in [0, 0.05) is 25.7 Å². The van der Waals surface area contributed by atoms with Gasteiger partial charge in [-0.2, -0.15) is 18.2 Å². The minimum absolute atomic E-state index is 0.0124. The van der Waals surface area contributed by atoms with Crippen LogP contribution in [-0.2, 0) is 11.0 Å². The van der Waals surface area contributed by atoms with E-state index in [9.17, 15) is 18.0 Å². The smallest absolute Gasteiger partial charge is 0.354 e. The summed E-state index contributed by atoms with van der Waals surface area (Å²) in [5, 5.41) is 5.36. The van der Waals surface area contributed by atoms with E-state index in [1.54, 1.807) is 0 Å². The number of anilines is 2. The molecule has 0 bridgehead atoms. The molecule has 1 aromatic heterocycles. The minimum atomic E-state index is -4.56. The van der Waals surface area contributed by atoms with Gasteiger partial charge in [0.05, 0.1) is 6.54 Å². The molecule has 2 N–H and O–H groups in total. The zero-order valence-corrected chi connectivity index (χ0v) is 11.5. The number of rotatable bonds is 4. The Labute approximate surface area is 119 Å². The molecule has 1 amide bonds. The van der Waals surface area contributed by atoms with E-state index in [4.69, 9.17) is 0 Å². The Morgan fingerprint density at radius 2 is 2.19 bits per heavy atom. The molecule has 0 atom stereocenters. The van der Waals surface area contributed by atoms with Crippen LogP contribution >= 0.6 is 0 Å². The van der Waals surface area contributed by atoms with E-state index < -0.39 is 11.9 Å². The standard InChI is InChI=1S/C12H16F3N5O/c1-2-3-17-11-18-8(12(13,14)15)6-9(19-11)20-5-4-16-10(21)7-20/h6H,2-5,7H2,1H3,(H,16,21)(H,17,18,19). The molecule has 116 valence electrons. The maximum absolute atomic E-state index is 12.9. The van der Waals surface area contributed by atoms with Crippen molar-refractivity contribution < 1.29 is 18.0 Å². The number of carbonyl (C=O) groups is 1. The number of amides is 1. The number of aromatic nitrogens is 2. The molecule has 21 heavy (non-hydrogen) atoms. The average molecular weight is 303 g/mol. The van der Waals surface area contributed by atoms with Crippen LogP contribution in [0.15, 0.2) is 6.07 Å². The normalized spacial score (nSPS) is 15.8. The molecule has 2 heterocycles. The molecular weight excluding hydrogens is 287 g/mol. The van der Waals surface area contributed by atoms with Crippen molar-refractivity contribution in [1.82, 2.24) is 15.3 Å². The summed E-state index contributed by atoms with van der Waals surface area (Å²) in [6, 6.07) is 0.871. The molecule has 0 aliphatic carbocycles. The number of hydrogen-bond donors (Lipinski definition) is 2. The predicted octanol–water partition coefficient (Wildman–Crippen LogP) is 1.25. The predicted molar refractivity (Wildman–Crippen MR) is 71.0 cm³/mol. The Morgan fingerprint density at radius 1 is 1.43 bits per heavy atom. The quantitative estimate of drug-likeness (QED) is 0.876. The van der Waals surface area contributed by atoms with Crippen LogP contribution in [0, 0.1) is 0 Å². The Kier molecular flexibility index (Phi) is 4.49. The van der Waals surface area contributed by atoms with E-state index in [1.165, 1.54) is 4.90 Å². The van der Waals surface area contributed by atoms with Crippen molar-refractivity contribution in [2.24, 2.45) is 0 Å². The highest BCUT2D eigenvalue weighted by Gasteiger charge is 2.34. The average Bonchev–Trinajstić information content (AvgIpc) is 2.44. The van der Waals surface area contributed by atoms with E-state index in [2.05, 4.69) is 20.6 Å². The molecule has 1 fully saturated rings. The molecule has 1 aliphatic heterocycles. The Balaban J connectivity index is 2.32. The third-order valence-corrected chi connectivity index (χ3v) is 2.90. The number of piperazine rings is 1. The molecule has 1 saturated heterocycles. The van der Waals surface area contributed by atoms with Gasteiger partial charge in [-0.1, -0.05) is 6.92 Å². The highest BCUT2D eigenvalue weighted by Crippen LogP contribution is 2.30. The SMILES string of the molecule is CCCNc1nc(N2CCNC(=O)C2)cc(C(F)(F)F)n1. The lowest BCUT2D eigenvalue weighted by atomic mass is 10.3. The first-order chi connectivity index (χ1) is 9.90. The van der Waals surface area contributed by atoms with E-state index in [-0.39, 0.29) is 24.2 Å². The number of carbonyl (C=O) groups excluding carboxylic acids is 1. The van der Waals surface area contributed by atoms with Gasteiger partial charge < -0.3 is 15.5 Å². The molecule has 0 radical (unpaired) electrons. The van der Waals surface area contributed by atoms with E-state index in [1.807, 2.05) is 6.92 Å².